The van der Waals surface area contributed by atoms with Gasteiger partial charge in [-0.1, -0.05) is 30.7 Å². The molecular weight excluding hydrogens is 594 g/mol. The Kier molecular flexibility index (Phi) is 9.44. The van der Waals surface area contributed by atoms with Crippen molar-refractivity contribution in [1.29, 1.82) is 0 Å². The van der Waals surface area contributed by atoms with Gasteiger partial charge in [-0.25, -0.2) is 0 Å². The third-order valence-corrected chi connectivity index (χ3v) is 9.86. The molecule has 0 saturated carbocycles. The molecule has 3 aliphatic rings. The van der Waals surface area contributed by atoms with Crippen LogP contribution in [0.15, 0.2) is 73.8 Å². The normalized spacial score (nSPS) is 27.2. The Hall–Kier alpha value is -3.66. The molecule has 10 heteroatoms. The maximum absolute atomic E-state index is 14.7. The Balaban J connectivity index is 1.60. The first-order valence-electron chi connectivity index (χ1n) is 15.6. The number of carbonyl (C=O) groups is 3. The van der Waals surface area contributed by atoms with Crippen LogP contribution in [0.2, 0.25) is 5.02 Å². The van der Waals surface area contributed by atoms with Crippen LogP contribution in [0.4, 0.5) is 11.4 Å². The summed E-state index contributed by atoms with van der Waals surface area (Å²) in [6, 6.07) is 12.4. The molecule has 3 aliphatic heterocycles. The number of benzene rings is 2. The van der Waals surface area contributed by atoms with Gasteiger partial charge in [0.2, 0.25) is 11.8 Å². The van der Waals surface area contributed by atoms with Gasteiger partial charge in [-0.05, 0) is 81.6 Å². The minimum atomic E-state index is -1.25. The molecule has 0 aliphatic carbocycles. The summed E-state index contributed by atoms with van der Waals surface area (Å²) < 4.78 is 12.5. The molecule has 1 spiro atoms. The minimum Gasteiger partial charge on any atom is -0.494 e. The lowest BCUT2D eigenvalue weighted by Gasteiger charge is -2.38. The SMILES string of the molecule is C=CCN(C(=O)C1N([C@H](C)CO)C(=O)[C@@H]2[C@H](C(=O)N(CC=C)c3ccc(OCC)cc3)[C@]3(CC)CCC12O3)c1ccc(Cl)cc1. The average Bonchev–Trinajstić information content (AvgIpc) is 3.66. The summed E-state index contributed by atoms with van der Waals surface area (Å²) in [5, 5.41) is 10.8. The Labute approximate surface area is 270 Å². The standard InChI is InChI=1S/C35H42ClN3O6/c1-6-20-37(26-14-16-27(17-15-26)44-9-4)31(41)28-29-32(42)39(23(5)22-40)30(35(29)19-18-34(28,8-3)45-35)33(43)38(21-7-2)25-12-10-24(36)11-13-25/h6-7,10-17,23,28-30,40H,1-2,8-9,18-22H2,3-5H3/t23-,28-,29+,30?,34+,35?/m1/s1. The van der Waals surface area contributed by atoms with Crippen molar-refractivity contribution >= 4 is 40.7 Å². The van der Waals surface area contributed by atoms with Gasteiger partial charge in [0.05, 0.1) is 36.7 Å². The molecule has 2 aromatic rings. The number of aliphatic hydroxyl groups excluding tert-OH is 1. The number of nitrogens with zero attached hydrogens (tertiary/aromatic N) is 3. The van der Waals surface area contributed by atoms with E-state index in [2.05, 4.69) is 13.2 Å². The van der Waals surface area contributed by atoms with Crippen molar-refractivity contribution in [3.8, 4) is 5.75 Å². The van der Waals surface area contributed by atoms with Gasteiger partial charge in [0.25, 0.3) is 5.91 Å². The Morgan fingerprint density at radius 2 is 1.62 bits per heavy atom. The van der Waals surface area contributed by atoms with Gasteiger partial charge in [-0.2, -0.15) is 0 Å². The fourth-order valence-corrected chi connectivity index (χ4v) is 7.73. The van der Waals surface area contributed by atoms with E-state index in [1.165, 1.54) is 4.90 Å². The third-order valence-electron chi connectivity index (χ3n) is 9.61. The molecule has 2 unspecified atom stereocenters. The molecule has 240 valence electrons. The zero-order valence-electron chi connectivity index (χ0n) is 26.2. The molecule has 3 amide bonds. The van der Waals surface area contributed by atoms with Crippen molar-refractivity contribution in [2.24, 2.45) is 11.8 Å². The lowest BCUT2D eigenvalue weighted by molar-refractivity contribution is -0.149. The van der Waals surface area contributed by atoms with E-state index in [0.717, 1.165) is 0 Å². The monoisotopic (exact) mass is 635 g/mol. The second-order valence-electron chi connectivity index (χ2n) is 12.0. The molecule has 5 rings (SSSR count). The van der Waals surface area contributed by atoms with Crippen molar-refractivity contribution in [3.05, 3.63) is 78.9 Å². The van der Waals surface area contributed by atoms with E-state index < -0.39 is 35.1 Å². The Morgan fingerprint density at radius 3 is 2.16 bits per heavy atom. The summed E-state index contributed by atoms with van der Waals surface area (Å²) in [6.45, 7) is 13.9. The van der Waals surface area contributed by atoms with Crippen LogP contribution in [0.25, 0.3) is 0 Å². The number of hydrogen-bond donors (Lipinski definition) is 1. The number of rotatable bonds is 13. The molecular formula is C35H42ClN3O6. The number of fused-ring (bicyclic) bond motifs is 1. The first-order chi connectivity index (χ1) is 21.6. The maximum Gasteiger partial charge on any atom is 0.253 e. The molecule has 2 aromatic carbocycles. The summed E-state index contributed by atoms with van der Waals surface area (Å²) in [6.07, 6.45) is 4.71. The van der Waals surface area contributed by atoms with E-state index in [1.807, 2.05) is 38.1 Å². The van der Waals surface area contributed by atoms with Crippen LogP contribution in [0.5, 0.6) is 5.75 Å². The zero-order chi connectivity index (χ0) is 32.5. The molecule has 3 saturated heterocycles. The molecule has 45 heavy (non-hydrogen) atoms. The van der Waals surface area contributed by atoms with Crippen LogP contribution >= 0.6 is 11.6 Å². The smallest absolute Gasteiger partial charge is 0.253 e. The van der Waals surface area contributed by atoms with Gasteiger partial charge in [0, 0.05) is 29.5 Å². The van der Waals surface area contributed by atoms with Crippen LogP contribution in [0, 0.1) is 11.8 Å². The Morgan fingerprint density at radius 1 is 1.04 bits per heavy atom. The van der Waals surface area contributed by atoms with Gasteiger partial charge < -0.3 is 29.3 Å². The number of aliphatic hydroxyl groups is 1. The second-order valence-corrected chi connectivity index (χ2v) is 12.4. The van der Waals surface area contributed by atoms with Crippen molar-refractivity contribution < 1.29 is 29.0 Å². The van der Waals surface area contributed by atoms with Crippen LogP contribution in [0.3, 0.4) is 0 Å². The average molecular weight is 636 g/mol. The highest BCUT2D eigenvalue weighted by molar-refractivity contribution is 6.30. The highest BCUT2D eigenvalue weighted by atomic mass is 35.5. The van der Waals surface area contributed by atoms with E-state index in [9.17, 15) is 19.5 Å². The molecule has 2 bridgehead atoms. The van der Waals surface area contributed by atoms with Gasteiger partial charge in [0.1, 0.15) is 17.4 Å². The van der Waals surface area contributed by atoms with Crippen molar-refractivity contribution in [1.82, 2.24) is 4.90 Å². The summed E-state index contributed by atoms with van der Waals surface area (Å²) in [5.74, 6) is -2.04. The maximum atomic E-state index is 14.7. The molecule has 6 atom stereocenters. The highest BCUT2D eigenvalue weighted by Gasteiger charge is 2.79. The van der Waals surface area contributed by atoms with E-state index >= 15 is 0 Å². The third kappa shape index (κ3) is 5.34. The fraction of sp³-hybridized carbons (Fsp3) is 0.457. The summed E-state index contributed by atoms with van der Waals surface area (Å²) in [4.78, 5) is 48.6. The topological polar surface area (TPSA) is 99.6 Å². The number of hydrogen-bond acceptors (Lipinski definition) is 6. The number of halogens is 1. The minimum absolute atomic E-state index is 0.180. The van der Waals surface area contributed by atoms with Gasteiger partial charge in [-0.15, -0.1) is 13.2 Å². The summed E-state index contributed by atoms with van der Waals surface area (Å²) in [7, 11) is 0. The van der Waals surface area contributed by atoms with Crippen molar-refractivity contribution in [2.75, 3.05) is 36.1 Å². The number of amides is 3. The molecule has 3 heterocycles. The number of ether oxygens (including phenoxy) is 2. The van der Waals surface area contributed by atoms with E-state index in [1.54, 1.807) is 53.1 Å². The molecule has 1 N–H and O–H groups in total. The van der Waals surface area contributed by atoms with Crippen molar-refractivity contribution in [3.63, 3.8) is 0 Å². The molecule has 9 nitrogen and oxygen atoms in total. The quantitative estimate of drug-likeness (QED) is 0.311. The summed E-state index contributed by atoms with van der Waals surface area (Å²) >= 11 is 6.14. The number of carbonyl (C=O) groups excluding carboxylic acids is 3. The molecule has 0 radical (unpaired) electrons. The van der Waals surface area contributed by atoms with Gasteiger partial charge >= 0.3 is 0 Å². The highest BCUT2D eigenvalue weighted by Crippen LogP contribution is 2.65. The lowest BCUT2D eigenvalue weighted by Crippen LogP contribution is -2.58. The van der Waals surface area contributed by atoms with Crippen molar-refractivity contribution in [2.45, 2.75) is 63.3 Å². The van der Waals surface area contributed by atoms with E-state index in [-0.39, 0.29) is 37.4 Å². The number of likely N-dealkylation sites (tertiary alicyclic amines) is 1. The summed E-state index contributed by atoms with van der Waals surface area (Å²) in [5.41, 5.74) is -0.951. The fourth-order valence-electron chi connectivity index (χ4n) is 7.60. The molecule has 3 fully saturated rings. The predicted molar refractivity (Wildman–Crippen MR) is 174 cm³/mol. The van der Waals surface area contributed by atoms with E-state index in [0.29, 0.717) is 48.0 Å². The lowest BCUT2D eigenvalue weighted by atomic mass is 9.64. The predicted octanol–water partition coefficient (Wildman–Crippen LogP) is 5.01. The largest absolute Gasteiger partial charge is 0.494 e. The molecule has 0 aromatic heterocycles. The first kappa shape index (κ1) is 32.7. The van der Waals surface area contributed by atoms with Crippen LogP contribution in [-0.2, 0) is 19.1 Å². The Bertz CT molecular complexity index is 1450. The first-order valence-corrected chi connectivity index (χ1v) is 16.0. The van der Waals surface area contributed by atoms with Crippen LogP contribution in [0.1, 0.15) is 40.0 Å². The van der Waals surface area contributed by atoms with Crippen LogP contribution < -0.4 is 14.5 Å². The van der Waals surface area contributed by atoms with Gasteiger partial charge in [-0.3, -0.25) is 14.4 Å². The number of anilines is 2. The van der Waals surface area contributed by atoms with E-state index in [4.69, 9.17) is 21.1 Å². The second kappa shape index (κ2) is 13.0. The van der Waals surface area contributed by atoms with Gasteiger partial charge in [0.15, 0.2) is 0 Å². The zero-order valence-corrected chi connectivity index (χ0v) is 26.9. The van der Waals surface area contributed by atoms with Crippen LogP contribution in [-0.4, -0.2) is 77.3 Å².